The Hall–Kier alpha value is -1.61. The second-order valence-electron chi connectivity index (χ2n) is 3.86. The Labute approximate surface area is 143 Å². The van der Waals surface area contributed by atoms with Crippen LogP contribution in [-0.4, -0.2) is 24.4 Å². The normalized spacial score (nSPS) is 9.59. The average molecular weight is 408 g/mol. The maximum atomic E-state index is 12.0. The van der Waals surface area contributed by atoms with Gasteiger partial charge in [0.05, 0.1) is 11.6 Å². The van der Waals surface area contributed by atoms with Gasteiger partial charge in [-0.15, -0.1) is 11.3 Å². The second kappa shape index (κ2) is 8.14. The predicted molar refractivity (Wildman–Crippen MR) is 88.6 cm³/mol. The highest BCUT2D eigenvalue weighted by Gasteiger charge is 2.18. The molecule has 0 fully saturated rings. The van der Waals surface area contributed by atoms with E-state index in [2.05, 4.69) is 26.8 Å². The molecule has 4 N–H and O–H groups in total. The summed E-state index contributed by atoms with van der Waals surface area (Å²) >= 11 is 10.2. The zero-order chi connectivity index (χ0) is 15.4. The van der Waals surface area contributed by atoms with E-state index < -0.39 is 11.8 Å². The lowest BCUT2D eigenvalue weighted by molar-refractivity contribution is 0.0847. The monoisotopic (exact) mass is 406 g/mol. The highest BCUT2D eigenvalue weighted by atomic mass is 79.9. The number of carbonyl (C=O) groups is 2. The Morgan fingerprint density at radius 1 is 1.18 bits per heavy atom. The molecule has 0 saturated carbocycles. The van der Waals surface area contributed by atoms with E-state index in [0.29, 0.717) is 25.7 Å². The molecule has 0 aliphatic carbocycles. The van der Waals surface area contributed by atoms with Crippen molar-refractivity contribution in [2.45, 2.75) is 0 Å². The highest BCUT2D eigenvalue weighted by molar-refractivity contribution is 9.10. The third kappa shape index (κ3) is 4.20. The molecule has 6 nitrogen and oxygen atoms in total. The van der Waals surface area contributed by atoms with E-state index in [9.17, 15) is 9.59 Å². The lowest BCUT2D eigenvalue weighted by Crippen LogP contribution is -2.41. The zero-order valence-electron chi connectivity index (χ0n) is 11.3. The number of amides is 2. The Balaban J connectivity index is 0.00000242. The van der Waals surface area contributed by atoms with Crippen LogP contribution in [0.1, 0.15) is 20.0 Å². The van der Waals surface area contributed by atoms with Crippen molar-refractivity contribution in [3.8, 4) is 5.75 Å². The number of hydrogen-bond acceptors (Lipinski definition) is 4. The summed E-state index contributed by atoms with van der Waals surface area (Å²) < 4.78 is 5.80. The Morgan fingerprint density at radius 3 is 2.36 bits per heavy atom. The summed E-state index contributed by atoms with van der Waals surface area (Å²) in [5.74, 6) is -0.460. The maximum absolute atomic E-state index is 12.0. The first-order chi connectivity index (χ1) is 10.0. The van der Waals surface area contributed by atoms with Gasteiger partial charge in [0.1, 0.15) is 4.88 Å². The minimum absolute atomic E-state index is 0. The van der Waals surface area contributed by atoms with E-state index in [1.54, 1.807) is 29.6 Å². The minimum atomic E-state index is -0.454. The van der Waals surface area contributed by atoms with Gasteiger partial charge in [-0.25, -0.2) is 0 Å². The number of methoxy groups -OCH3 is 1. The first-order valence-electron chi connectivity index (χ1n) is 5.70. The molecular formula is C13H12BrClN2O4S. The van der Waals surface area contributed by atoms with Gasteiger partial charge < -0.3 is 10.2 Å². The van der Waals surface area contributed by atoms with Gasteiger partial charge >= 0.3 is 0 Å². The highest BCUT2D eigenvalue weighted by Crippen LogP contribution is 2.34. The largest absolute Gasteiger partial charge is 0.494 e. The van der Waals surface area contributed by atoms with Crippen LogP contribution in [0.15, 0.2) is 34.1 Å². The average Bonchev–Trinajstić information content (AvgIpc) is 2.86. The second-order valence-corrected chi connectivity index (χ2v) is 6.03. The van der Waals surface area contributed by atoms with Crippen LogP contribution in [0.5, 0.6) is 5.75 Å². The van der Waals surface area contributed by atoms with E-state index in [1.165, 1.54) is 18.4 Å². The van der Waals surface area contributed by atoms with Crippen LogP contribution in [0.4, 0.5) is 0 Å². The summed E-state index contributed by atoms with van der Waals surface area (Å²) in [6.45, 7) is 0. The number of carbonyl (C=O) groups excluding carboxylic acids is 2. The van der Waals surface area contributed by atoms with Crippen molar-refractivity contribution < 1.29 is 19.8 Å². The Bertz CT molecular complexity index is 675. The smallest absolute Gasteiger partial charge is 0.283 e. The van der Waals surface area contributed by atoms with Gasteiger partial charge in [-0.05, 0) is 40.2 Å². The summed E-state index contributed by atoms with van der Waals surface area (Å²) in [6.07, 6.45) is 0. The fourth-order valence-electron chi connectivity index (χ4n) is 1.52. The number of hydrogen-bond donors (Lipinski definition) is 2. The van der Waals surface area contributed by atoms with E-state index in [1.807, 2.05) is 0 Å². The molecule has 0 spiro atoms. The molecular weight excluding hydrogens is 396 g/mol. The summed E-state index contributed by atoms with van der Waals surface area (Å²) in [5.41, 5.74) is 5.06. The van der Waals surface area contributed by atoms with Gasteiger partial charge in [0.25, 0.3) is 11.8 Å². The standard InChI is InChI=1S/C13H10BrClN2O3S.H2O/c1-20-10-9(14)6-21-11(10)13(19)17-16-12(18)7-2-4-8(15)5-3-7;/h2-6H,1H3,(H,16,18)(H,17,19);1H2. The van der Waals surface area contributed by atoms with Gasteiger partial charge in [-0.3, -0.25) is 20.4 Å². The molecule has 2 rings (SSSR count). The molecule has 1 aromatic carbocycles. The predicted octanol–water partition coefficient (Wildman–Crippen LogP) is 2.42. The van der Waals surface area contributed by atoms with E-state index >= 15 is 0 Å². The van der Waals surface area contributed by atoms with Crippen molar-refractivity contribution in [3.63, 3.8) is 0 Å². The van der Waals surface area contributed by atoms with Crippen molar-refractivity contribution in [2.75, 3.05) is 7.11 Å². The van der Waals surface area contributed by atoms with Gasteiger partial charge in [0.15, 0.2) is 5.75 Å². The molecule has 0 atom stereocenters. The number of benzene rings is 1. The molecule has 1 aromatic heterocycles. The van der Waals surface area contributed by atoms with Crippen LogP contribution >= 0.6 is 38.9 Å². The lowest BCUT2D eigenvalue weighted by Gasteiger charge is -2.07. The molecule has 2 amide bonds. The molecule has 0 saturated heterocycles. The number of nitrogens with one attached hydrogen (secondary N) is 2. The van der Waals surface area contributed by atoms with Crippen LogP contribution < -0.4 is 15.6 Å². The molecule has 0 radical (unpaired) electrons. The molecule has 9 heteroatoms. The van der Waals surface area contributed by atoms with Gasteiger partial charge in [-0.1, -0.05) is 11.6 Å². The number of halogens is 2. The summed E-state index contributed by atoms with van der Waals surface area (Å²) in [4.78, 5) is 24.2. The third-order valence-electron chi connectivity index (χ3n) is 2.51. The molecule has 22 heavy (non-hydrogen) atoms. The molecule has 0 aliphatic rings. The van der Waals surface area contributed by atoms with Crippen molar-refractivity contribution in [2.24, 2.45) is 0 Å². The summed E-state index contributed by atoms with van der Waals surface area (Å²) in [5, 5.41) is 2.26. The molecule has 118 valence electrons. The molecule has 0 bridgehead atoms. The van der Waals surface area contributed by atoms with Crippen molar-refractivity contribution in [1.82, 2.24) is 10.9 Å². The molecule has 0 unspecified atom stereocenters. The zero-order valence-corrected chi connectivity index (χ0v) is 14.4. The summed E-state index contributed by atoms with van der Waals surface area (Å²) in [6, 6.07) is 6.31. The first-order valence-corrected chi connectivity index (χ1v) is 7.75. The number of rotatable bonds is 3. The molecule has 2 aromatic rings. The number of hydrazine groups is 1. The van der Waals surface area contributed by atoms with Crippen LogP contribution in [0.2, 0.25) is 5.02 Å². The van der Waals surface area contributed by atoms with Crippen LogP contribution in [0, 0.1) is 0 Å². The lowest BCUT2D eigenvalue weighted by atomic mass is 10.2. The van der Waals surface area contributed by atoms with E-state index in [4.69, 9.17) is 16.3 Å². The number of thiophene rings is 1. The maximum Gasteiger partial charge on any atom is 0.283 e. The fourth-order valence-corrected chi connectivity index (χ4v) is 3.20. The molecule has 0 aliphatic heterocycles. The van der Waals surface area contributed by atoms with E-state index in [0.717, 1.165) is 0 Å². The minimum Gasteiger partial charge on any atom is -0.494 e. The summed E-state index contributed by atoms with van der Waals surface area (Å²) in [7, 11) is 1.47. The molecule has 1 heterocycles. The SMILES string of the molecule is COc1c(Br)csc1C(=O)NNC(=O)c1ccc(Cl)cc1.O. The van der Waals surface area contributed by atoms with Gasteiger partial charge in [0, 0.05) is 16.0 Å². The first kappa shape index (κ1) is 18.4. The fraction of sp³-hybridized carbons (Fsp3) is 0.0769. The van der Waals surface area contributed by atoms with Crippen molar-refractivity contribution >= 4 is 50.7 Å². The van der Waals surface area contributed by atoms with Gasteiger partial charge in [0.2, 0.25) is 0 Å². The number of ether oxygens (including phenoxy) is 1. The van der Waals surface area contributed by atoms with Crippen molar-refractivity contribution in [1.29, 1.82) is 0 Å². The van der Waals surface area contributed by atoms with Crippen LogP contribution in [0.3, 0.4) is 0 Å². The van der Waals surface area contributed by atoms with E-state index in [-0.39, 0.29) is 5.48 Å². The van der Waals surface area contributed by atoms with Crippen molar-refractivity contribution in [3.05, 3.63) is 49.6 Å². The topological polar surface area (TPSA) is 98.9 Å². The Kier molecular flexibility index (Phi) is 6.82. The Morgan fingerprint density at radius 2 is 1.77 bits per heavy atom. The van der Waals surface area contributed by atoms with Crippen LogP contribution in [-0.2, 0) is 0 Å². The quantitative estimate of drug-likeness (QED) is 0.764. The van der Waals surface area contributed by atoms with Crippen LogP contribution in [0.25, 0.3) is 0 Å². The van der Waals surface area contributed by atoms with Gasteiger partial charge in [-0.2, -0.15) is 0 Å². The third-order valence-corrected chi connectivity index (χ3v) is 4.61.